The maximum absolute atomic E-state index is 12.8. The van der Waals surface area contributed by atoms with Crippen LogP contribution in [0.15, 0.2) is 54.6 Å². The van der Waals surface area contributed by atoms with Gasteiger partial charge in [-0.2, -0.15) is 9.61 Å². The molecule has 0 saturated carbocycles. The lowest BCUT2D eigenvalue weighted by Crippen LogP contribution is -2.27. The summed E-state index contributed by atoms with van der Waals surface area (Å²) in [6.07, 6.45) is 5.61. The van der Waals surface area contributed by atoms with Crippen LogP contribution >= 0.6 is 23.2 Å². The van der Waals surface area contributed by atoms with Gasteiger partial charge in [0.15, 0.2) is 5.65 Å². The Hall–Kier alpha value is -2.96. The molecule has 1 N–H and O–H groups in total. The van der Waals surface area contributed by atoms with Crippen molar-refractivity contribution in [3.63, 3.8) is 0 Å². The molecule has 0 bridgehead atoms. The van der Waals surface area contributed by atoms with Crippen molar-refractivity contribution in [3.05, 3.63) is 70.5 Å². The number of fused-ring (bicyclic) bond motifs is 1. The minimum atomic E-state index is -0.296. The molecular weight excluding hydrogens is 457 g/mol. The highest BCUT2D eigenvalue weighted by atomic mass is 35.5. The van der Waals surface area contributed by atoms with Crippen LogP contribution < -0.4 is 5.32 Å². The van der Waals surface area contributed by atoms with Crippen LogP contribution in [-0.2, 0) is 0 Å². The number of hydrogen-bond donors (Lipinski definition) is 1. The maximum Gasteiger partial charge on any atom is 0.291 e. The van der Waals surface area contributed by atoms with Crippen molar-refractivity contribution in [3.8, 4) is 22.4 Å². The molecular formula is C25H25Cl2N5O. The normalized spacial score (nSPS) is 11.1. The van der Waals surface area contributed by atoms with Gasteiger partial charge in [0.25, 0.3) is 5.91 Å². The summed E-state index contributed by atoms with van der Waals surface area (Å²) in [5.41, 5.74) is 3.59. The van der Waals surface area contributed by atoms with Crippen molar-refractivity contribution in [2.75, 3.05) is 6.54 Å². The summed E-state index contributed by atoms with van der Waals surface area (Å²) in [5.74, 6) is -0.149. The van der Waals surface area contributed by atoms with Crippen LogP contribution in [-0.4, -0.2) is 32.3 Å². The second-order valence-corrected chi connectivity index (χ2v) is 8.70. The van der Waals surface area contributed by atoms with Gasteiger partial charge >= 0.3 is 0 Å². The Morgan fingerprint density at radius 2 is 1.70 bits per heavy atom. The van der Waals surface area contributed by atoms with Gasteiger partial charge in [-0.15, -0.1) is 10.2 Å². The molecule has 0 fully saturated rings. The smallest absolute Gasteiger partial charge is 0.291 e. The topological polar surface area (TPSA) is 72.2 Å². The van der Waals surface area contributed by atoms with Gasteiger partial charge in [0.1, 0.15) is 5.69 Å². The van der Waals surface area contributed by atoms with E-state index in [9.17, 15) is 4.79 Å². The quantitative estimate of drug-likeness (QED) is 0.278. The number of nitrogens with zero attached hydrogens (tertiary/aromatic N) is 4. The van der Waals surface area contributed by atoms with Gasteiger partial charge in [0.2, 0.25) is 5.82 Å². The number of amides is 1. The number of nitrogens with one attached hydrogen (secondary N) is 1. The number of rotatable bonds is 9. The van der Waals surface area contributed by atoms with E-state index in [1.807, 2.05) is 54.6 Å². The van der Waals surface area contributed by atoms with Gasteiger partial charge in [0, 0.05) is 22.7 Å². The lowest BCUT2D eigenvalue weighted by atomic mass is 10.00. The second kappa shape index (κ2) is 10.8. The van der Waals surface area contributed by atoms with Gasteiger partial charge in [-0.25, -0.2) is 0 Å². The summed E-state index contributed by atoms with van der Waals surface area (Å²) in [6.45, 7) is 2.78. The maximum atomic E-state index is 12.8. The molecule has 2 aromatic carbocycles. The largest absolute Gasteiger partial charge is 0.349 e. The van der Waals surface area contributed by atoms with Crippen molar-refractivity contribution in [1.82, 2.24) is 25.1 Å². The van der Waals surface area contributed by atoms with Crippen LogP contribution in [0, 0.1) is 0 Å². The van der Waals surface area contributed by atoms with Crippen molar-refractivity contribution in [2.24, 2.45) is 0 Å². The van der Waals surface area contributed by atoms with Crippen LogP contribution in [0.3, 0.4) is 0 Å². The van der Waals surface area contributed by atoms with E-state index in [-0.39, 0.29) is 11.7 Å². The van der Waals surface area contributed by atoms with E-state index in [0.717, 1.165) is 29.5 Å². The van der Waals surface area contributed by atoms with Crippen molar-refractivity contribution in [2.45, 2.75) is 39.0 Å². The summed E-state index contributed by atoms with van der Waals surface area (Å²) in [7, 11) is 0. The summed E-state index contributed by atoms with van der Waals surface area (Å²) < 4.78 is 1.48. The van der Waals surface area contributed by atoms with Crippen LogP contribution in [0.1, 0.15) is 49.6 Å². The molecule has 0 spiro atoms. The SMILES string of the molecule is CCCCCCCNC(=O)c1nnc2cc(-c3ccc(Cl)cc3)c(-c3ccccc3Cl)nn12. The Kier molecular flexibility index (Phi) is 7.57. The van der Waals surface area contributed by atoms with E-state index in [0.29, 0.717) is 27.9 Å². The van der Waals surface area contributed by atoms with Crippen molar-refractivity contribution < 1.29 is 4.79 Å². The molecule has 0 aliphatic carbocycles. The molecule has 0 atom stereocenters. The lowest BCUT2D eigenvalue weighted by Gasteiger charge is -2.12. The zero-order valence-electron chi connectivity index (χ0n) is 18.4. The zero-order valence-corrected chi connectivity index (χ0v) is 19.9. The number of aromatic nitrogens is 4. The third-order valence-electron chi connectivity index (χ3n) is 5.45. The molecule has 0 aliphatic heterocycles. The highest BCUT2D eigenvalue weighted by molar-refractivity contribution is 6.33. The van der Waals surface area contributed by atoms with Crippen LogP contribution in [0.5, 0.6) is 0 Å². The van der Waals surface area contributed by atoms with Crippen LogP contribution in [0.2, 0.25) is 10.0 Å². The minimum Gasteiger partial charge on any atom is -0.349 e. The zero-order chi connectivity index (χ0) is 23.2. The fourth-order valence-corrected chi connectivity index (χ4v) is 4.04. The van der Waals surface area contributed by atoms with E-state index in [4.69, 9.17) is 28.3 Å². The predicted molar refractivity (Wildman–Crippen MR) is 133 cm³/mol. The fraction of sp³-hybridized carbons (Fsp3) is 0.280. The highest BCUT2D eigenvalue weighted by Gasteiger charge is 2.20. The molecule has 33 heavy (non-hydrogen) atoms. The first-order valence-electron chi connectivity index (χ1n) is 11.1. The molecule has 2 heterocycles. The molecule has 8 heteroatoms. The Morgan fingerprint density at radius 3 is 2.45 bits per heavy atom. The molecule has 0 radical (unpaired) electrons. The van der Waals surface area contributed by atoms with Gasteiger partial charge < -0.3 is 5.32 Å². The minimum absolute atomic E-state index is 0.148. The lowest BCUT2D eigenvalue weighted by molar-refractivity contribution is 0.0940. The van der Waals surface area contributed by atoms with Crippen molar-refractivity contribution in [1.29, 1.82) is 0 Å². The van der Waals surface area contributed by atoms with Gasteiger partial charge in [-0.3, -0.25) is 4.79 Å². The standard InChI is InChI=1S/C25H25Cl2N5O/c1-2-3-4-5-8-15-28-25(33)24-30-29-22-16-20(17-11-13-18(26)14-12-17)23(31-32(22)24)19-9-6-7-10-21(19)27/h6-7,9-14,16H,2-5,8,15H2,1H3,(H,28,33). The molecule has 4 aromatic rings. The first-order chi connectivity index (χ1) is 16.1. The summed E-state index contributed by atoms with van der Waals surface area (Å²) >= 11 is 12.6. The Balaban J connectivity index is 1.70. The number of carbonyl (C=O) groups excluding carboxylic acids is 1. The van der Waals surface area contributed by atoms with Crippen LogP contribution in [0.25, 0.3) is 28.0 Å². The van der Waals surface area contributed by atoms with Gasteiger partial charge in [-0.05, 0) is 36.2 Å². The highest BCUT2D eigenvalue weighted by Crippen LogP contribution is 2.35. The van der Waals surface area contributed by atoms with Gasteiger partial charge in [-0.1, -0.05) is 86.1 Å². The van der Waals surface area contributed by atoms with E-state index in [2.05, 4.69) is 22.4 Å². The fourth-order valence-electron chi connectivity index (χ4n) is 3.68. The van der Waals surface area contributed by atoms with Crippen LogP contribution in [0.4, 0.5) is 0 Å². The average molecular weight is 482 g/mol. The number of benzene rings is 2. The first kappa shape index (κ1) is 23.2. The summed E-state index contributed by atoms with van der Waals surface area (Å²) in [6, 6.07) is 16.8. The molecule has 0 aliphatic rings. The Morgan fingerprint density at radius 1 is 0.939 bits per heavy atom. The van der Waals surface area contributed by atoms with E-state index < -0.39 is 0 Å². The molecule has 0 unspecified atom stereocenters. The molecule has 170 valence electrons. The van der Waals surface area contributed by atoms with Crippen molar-refractivity contribution >= 4 is 34.8 Å². The summed E-state index contributed by atoms with van der Waals surface area (Å²) in [5, 5.41) is 17.2. The molecule has 0 saturated heterocycles. The summed E-state index contributed by atoms with van der Waals surface area (Å²) in [4.78, 5) is 12.8. The predicted octanol–water partition coefficient (Wildman–Crippen LogP) is 6.47. The molecule has 1 amide bonds. The van der Waals surface area contributed by atoms with E-state index >= 15 is 0 Å². The average Bonchev–Trinajstić information content (AvgIpc) is 3.24. The third kappa shape index (κ3) is 5.34. The monoisotopic (exact) mass is 481 g/mol. The molecule has 4 rings (SSSR count). The van der Waals surface area contributed by atoms with E-state index in [1.165, 1.54) is 23.8 Å². The first-order valence-corrected chi connectivity index (χ1v) is 11.9. The number of hydrogen-bond acceptors (Lipinski definition) is 4. The number of unbranched alkanes of at least 4 members (excludes halogenated alkanes) is 4. The van der Waals surface area contributed by atoms with E-state index in [1.54, 1.807) is 0 Å². The Bertz CT molecular complexity index is 1250. The number of halogens is 2. The third-order valence-corrected chi connectivity index (χ3v) is 6.03. The molecule has 6 nitrogen and oxygen atoms in total. The molecule has 2 aromatic heterocycles. The van der Waals surface area contributed by atoms with Gasteiger partial charge in [0.05, 0.1) is 5.02 Å². The Labute approximate surface area is 202 Å². The number of carbonyl (C=O) groups is 1. The second-order valence-electron chi connectivity index (χ2n) is 7.86.